The Morgan fingerprint density at radius 1 is 0.783 bits per heavy atom. The van der Waals surface area contributed by atoms with Gasteiger partial charge in [-0.1, -0.05) is 114 Å². The lowest BCUT2D eigenvalue weighted by atomic mass is 9.78. The molecule has 3 aliphatic carbocycles. The highest BCUT2D eigenvalue weighted by atomic mass is 16.5. The predicted molar refractivity (Wildman–Crippen MR) is 285 cm³/mol. The minimum absolute atomic E-state index is 0.0484. The zero-order chi connectivity index (χ0) is 49.5. The molecule has 0 heterocycles. The topological polar surface area (TPSA) is 80.1 Å². The summed E-state index contributed by atoms with van der Waals surface area (Å²) in [5.74, 6) is 2.80. The zero-order valence-electron chi connectivity index (χ0n) is 43.3. The van der Waals surface area contributed by atoms with Crippen LogP contribution in [-0.2, 0) is 18.9 Å². The Kier molecular flexibility index (Phi) is 19.4. The Balaban J connectivity index is 1.25. The molecule has 0 saturated heterocycles. The molecule has 3 aromatic carbocycles. The number of ether oxygens (including phenoxy) is 6. The summed E-state index contributed by atoms with van der Waals surface area (Å²) in [4.78, 5) is 10.2. The lowest BCUT2D eigenvalue weighted by Gasteiger charge is -2.33. The van der Waals surface area contributed by atoms with Gasteiger partial charge in [0.2, 0.25) is 5.90 Å². The van der Waals surface area contributed by atoms with Crippen molar-refractivity contribution < 1.29 is 28.4 Å². The van der Waals surface area contributed by atoms with E-state index in [2.05, 4.69) is 153 Å². The third kappa shape index (κ3) is 14.1. The standard InChI is InChI=1S/C61H76N2O6/c1-13-47-32-45(7)33-48(59(50-35-42(4)21-18-24-54(50)64-9)58(66-11)39-62-53-23-17-20-40(2)31-46(53)8)38-57(47)69-30-15-14-29-68-56-28-26-44(6)37-52(56)60(51-36-43(5)25-27-55(51)65-10)61(67-12)63-49-22-16-19-41(3)34-49/h16-19,21-28,31,33-39,47-48,54,58-60H,13-15,20,29-30,32H2,1-12H3. The van der Waals surface area contributed by atoms with E-state index in [9.17, 15) is 0 Å². The summed E-state index contributed by atoms with van der Waals surface area (Å²) in [6, 6.07) is 20.7. The monoisotopic (exact) mass is 933 g/mol. The van der Waals surface area contributed by atoms with E-state index >= 15 is 0 Å². The molecule has 0 radical (unpaired) electrons. The Morgan fingerprint density at radius 2 is 1.49 bits per heavy atom. The van der Waals surface area contributed by atoms with E-state index in [1.54, 1.807) is 28.4 Å². The second-order valence-electron chi connectivity index (χ2n) is 18.9. The van der Waals surface area contributed by atoms with E-state index in [0.717, 1.165) is 105 Å². The molecule has 6 unspecified atom stereocenters. The molecule has 6 atom stereocenters. The molecule has 366 valence electrons. The number of allylic oxidation sites excluding steroid dienone is 13. The fraction of sp³-hybridized carbons (Fsp3) is 0.410. The Bertz CT molecular complexity index is 2560. The van der Waals surface area contributed by atoms with E-state index in [4.69, 9.17) is 38.4 Å². The molecular formula is C61H76N2O6. The number of methoxy groups -OCH3 is 4. The summed E-state index contributed by atoms with van der Waals surface area (Å²) in [5, 5.41) is 0. The maximum absolute atomic E-state index is 6.88. The van der Waals surface area contributed by atoms with Crippen LogP contribution in [0.3, 0.4) is 0 Å². The van der Waals surface area contributed by atoms with Crippen molar-refractivity contribution in [2.24, 2.45) is 27.7 Å². The van der Waals surface area contributed by atoms with Crippen LogP contribution in [0.1, 0.15) is 100 Å². The summed E-state index contributed by atoms with van der Waals surface area (Å²) in [6.45, 7) is 18.3. The van der Waals surface area contributed by atoms with Gasteiger partial charge < -0.3 is 28.4 Å². The number of hydrogen-bond acceptors (Lipinski definition) is 8. The van der Waals surface area contributed by atoms with Crippen LogP contribution in [0.4, 0.5) is 5.69 Å². The molecule has 6 rings (SSSR count). The highest BCUT2D eigenvalue weighted by Gasteiger charge is 2.36. The van der Waals surface area contributed by atoms with E-state index in [0.29, 0.717) is 19.1 Å². The van der Waals surface area contributed by atoms with Gasteiger partial charge in [-0.25, -0.2) is 4.99 Å². The first kappa shape index (κ1) is 52.4. The van der Waals surface area contributed by atoms with Crippen LogP contribution in [0.2, 0.25) is 0 Å². The van der Waals surface area contributed by atoms with Crippen molar-refractivity contribution in [2.45, 2.75) is 106 Å². The first-order valence-electron chi connectivity index (χ1n) is 24.7. The average Bonchev–Trinajstić information content (AvgIpc) is 3.70. The zero-order valence-corrected chi connectivity index (χ0v) is 43.3. The first-order chi connectivity index (χ1) is 33.3. The third-order valence-corrected chi connectivity index (χ3v) is 13.2. The van der Waals surface area contributed by atoms with Gasteiger partial charge in [0, 0.05) is 49.3 Å². The van der Waals surface area contributed by atoms with Crippen molar-refractivity contribution >= 4 is 17.8 Å². The van der Waals surface area contributed by atoms with Crippen molar-refractivity contribution in [3.8, 4) is 11.5 Å². The van der Waals surface area contributed by atoms with Crippen LogP contribution in [0.5, 0.6) is 11.5 Å². The van der Waals surface area contributed by atoms with Gasteiger partial charge in [0.15, 0.2) is 0 Å². The van der Waals surface area contributed by atoms with Crippen LogP contribution in [-0.4, -0.2) is 66.0 Å². The highest BCUT2D eigenvalue weighted by molar-refractivity contribution is 5.91. The van der Waals surface area contributed by atoms with Gasteiger partial charge in [0.05, 0.1) is 62.7 Å². The molecule has 0 aromatic heterocycles. The molecule has 0 bridgehead atoms. The molecule has 3 aliphatic rings. The van der Waals surface area contributed by atoms with Gasteiger partial charge in [-0.3, -0.25) is 4.99 Å². The van der Waals surface area contributed by atoms with E-state index in [1.165, 1.54) is 11.1 Å². The van der Waals surface area contributed by atoms with Gasteiger partial charge in [0.25, 0.3) is 0 Å². The maximum Gasteiger partial charge on any atom is 0.200 e. The number of benzene rings is 3. The van der Waals surface area contributed by atoms with E-state index in [1.807, 2.05) is 24.4 Å². The SMILES string of the molecule is CCC1CC(C)=CC(C(C2=CC(C)=CC=CC2OC)C(C=NC2=C(C)C=C(C)CC=C2)OC)C=C1OCCCCOc1ccc(C)cc1C(C(=Nc1cccc(C)c1)OC)c1cc(C)ccc1OC. The summed E-state index contributed by atoms with van der Waals surface area (Å²) >= 11 is 0. The second-order valence-corrected chi connectivity index (χ2v) is 18.9. The molecule has 69 heavy (non-hydrogen) atoms. The van der Waals surface area contributed by atoms with Crippen LogP contribution >= 0.6 is 0 Å². The smallest absolute Gasteiger partial charge is 0.200 e. The molecular weight excluding hydrogens is 857 g/mol. The first-order valence-corrected chi connectivity index (χ1v) is 24.7. The maximum atomic E-state index is 6.88. The summed E-state index contributed by atoms with van der Waals surface area (Å²) in [5.41, 5.74) is 13.1. The number of nitrogens with zero attached hydrogens (tertiary/aromatic N) is 2. The summed E-state index contributed by atoms with van der Waals surface area (Å²) in [6.07, 6.45) is 25.8. The van der Waals surface area contributed by atoms with Gasteiger partial charge >= 0.3 is 0 Å². The molecule has 0 N–H and O–H groups in total. The number of unbranched alkanes of at least 4 members (excludes halogenated alkanes) is 1. The van der Waals surface area contributed by atoms with Crippen molar-refractivity contribution in [1.29, 1.82) is 0 Å². The molecule has 8 heteroatoms. The van der Waals surface area contributed by atoms with Gasteiger partial charge in [-0.15, -0.1) is 0 Å². The van der Waals surface area contributed by atoms with Crippen LogP contribution in [0, 0.1) is 38.5 Å². The highest BCUT2D eigenvalue weighted by Crippen LogP contribution is 2.42. The van der Waals surface area contributed by atoms with Gasteiger partial charge in [-0.05, 0) is 134 Å². The number of aryl methyl sites for hydroxylation is 3. The lowest BCUT2D eigenvalue weighted by Crippen LogP contribution is -2.35. The van der Waals surface area contributed by atoms with Crippen LogP contribution in [0.25, 0.3) is 0 Å². The molecule has 0 saturated carbocycles. The quantitative estimate of drug-likeness (QED) is 0.0486. The number of rotatable bonds is 20. The summed E-state index contributed by atoms with van der Waals surface area (Å²) in [7, 11) is 6.96. The van der Waals surface area contributed by atoms with Crippen molar-refractivity contribution in [1.82, 2.24) is 0 Å². The lowest BCUT2D eigenvalue weighted by molar-refractivity contribution is 0.0895. The van der Waals surface area contributed by atoms with Crippen LogP contribution < -0.4 is 9.47 Å². The van der Waals surface area contributed by atoms with Crippen molar-refractivity contribution in [3.63, 3.8) is 0 Å². The van der Waals surface area contributed by atoms with Crippen molar-refractivity contribution in [2.75, 3.05) is 41.7 Å². The number of hydrogen-bond donors (Lipinski definition) is 0. The van der Waals surface area contributed by atoms with Crippen LogP contribution in [0.15, 0.2) is 165 Å². The fourth-order valence-electron chi connectivity index (χ4n) is 9.68. The fourth-order valence-corrected chi connectivity index (χ4v) is 9.68. The largest absolute Gasteiger partial charge is 0.498 e. The average molecular weight is 933 g/mol. The minimum atomic E-state index is -0.394. The van der Waals surface area contributed by atoms with Crippen molar-refractivity contribution in [3.05, 3.63) is 182 Å². The third-order valence-electron chi connectivity index (χ3n) is 13.2. The Morgan fingerprint density at radius 3 is 2.17 bits per heavy atom. The molecule has 0 spiro atoms. The summed E-state index contributed by atoms with van der Waals surface area (Å²) < 4.78 is 38.4. The van der Waals surface area contributed by atoms with E-state index in [-0.39, 0.29) is 30.0 Å². The predicted octanol–water partition coefficient (Wildman–Crippen LogP) is 14.5. The Hall–Kier alpha value is -5.96. The number of aliphatic imine (C=N–C) groups is 2. The Labute approximate surface area is 413 Å². The minimum Gasteiger partial charge on any atom is -0.498 e. The molecule has 0 aliphatic heterocycles. The molecule has 0 fully saturated rings. The normalized spacial score (nSPS) is 20.1. The van der Waals surface area contributed by atoms with Gasteiger partial charge in [0.1, 0.15) is 11.5 Å². The molecule has 0 amide bonds. The van der Waals surface area contributed by atoms with Gasteiger partial charge in [-0.2, -0.15) is 0 Å². The second kappa shape index (κ2) is 25.6. The molecule has 3 aromatic rings. The van der Waals surface area contributed by atoms with E-state index < -0.39 is 5.92 Å². The molecule has 8 nitrogen and oxygen atoms in total.